The molecule has 0 aliphatic rings. The molecular formula is C24H48. The van der Waals surface area contributed by atoms with Gasteiger partial charge in [0.25, 0.3) is 0 Å². The molecule has 0 fully saturated rings. The maximum Gasteiger partial charge on any atom is -0.0323 e. The van der Waals surface area contributed by atoms with E-state index in [1.165, 1.54) is 122 Å². The lowest BCUT2D eigenvalue weighted by atomic mass is 10.0. The summed E-state index contributed by atoms with van der Waals surface area (Å²) < 4.78 is 0. The van der Waals surface area contributed by atoms with Crippen molar-refractivity contribution in [1.82, 2.24) is 0 Å². The van der Waals surface area contributed by atoms with Crippen molar-refractivity contribution in [3.05, 3.63) is 11.6 Å². The molecule has 0 unspecified atom stereocenters. The molecule has 0 aromatic heterocycles. The minimum Gasteiger partial charge on any atom is -0.0856 e. The highest BCUT2D eigenvalue weighted by Crippen LogP contribution is 2.15. The lowest BCUT2D eigenvalue weighted by molar-refractivity contribution is 0.549. The summed E-state index contributed by atoms with van der Waals surface area (Å²) in [6, 6.07) is 0. The first-order valence-corrected chi connectivity index (χ1v) is 11.5. The van der Waals surface area contributed by atoms with Crippen LogP contribution < -0.4 is 0 Å². The van der Waals surface area contributed by atoms with Crippen LogP contribution in [0.25, 0.3) is 0 Å². The summed E-state index contributed by atoms with van der Waals surface area (Å²) in [6.07, 6.45) is 29.6. The summed E-state index contributed by atoms with van der Waals surface area (Å²) in [5, 5.41) is 0. The van der Waals surface area contributed by atoms with Gasteiger partial charge in [0.15, 0.2) is 0 Å². The molecule has 0 amide bonds. The van der Waals surface area contributed by atoms with Crippen molar-refractivity contribution in [2.75, 3.05) is 0 Å². The van der Waals surface area contributed by atoms with E-state index in [4.69, 9.17) is 0 Å². The molecule has 0 aromatic rings. The van der Waals surface area contributed by atoms with Gasteiger partial charge in [-0.3, -0.25) is 0 Å². The molecule has 0 radical (unpaired) electrons. The van der Waals surface area contributed by atoms with E-state index < -0.39 is 0 Å². The Morgan fingerprint density at radius 2 is 0.875 bits per heavy atom. The maximum absolute atomic E-state index is 2.51. The third-order valence-corrected chi connectivity index (χ3v) is 5.23. The predicted octanol–water partition coefficient (Wildman–Crippen LogP) is 9.38. The average Bonchev–Trinajstić information content (AvgIpc) is 2.59. The zero-order chi connectivity index (χ0) is 17.7. The van der Waals surface area contributed by atoms with Gasteiger partial charge in [0.1, 0.15) is 0 Å². The topological polar surface area (TPSA) is 0 Å². The molecule has 0 N–H and O–H groups in total. The van der Waals surface area contributed by atoms with Gasteiger partial charge in [-0.25, -0.2) is 0 Å². The molecule has 0 heterocycles. The Morgan fingerprint density at radius 3 is 1.33 bits per heavy atom. The number of hydrogen-bond donors (Lipinski definition) is 0. The van der Waals surface area contributed by atoms with Crippen molar-refractivity contribution >= 4 is 0 Å². The molecule has 0 heteroatoms. The van der Waals surface area contributed by atoms with Crippen LogP contribution in [0.3, 0.4) is 0 Å². The van der Waals surface area contributed by atoms with Crippen molar-refractivity contribution in [2.45, 2.75) is 143 Å². The normalized spacial score (nSPS) is 12.0. The van der Waals surface area contributed by atoms with Crippen molar-refractivity contribution < 1.29 is 0 Å². The highest BCUT2D eigenvalue weighted by atomic mass is 14.0. The fourth-order valence-corrected chi connectivity index (χ4v) is 3.44. The number of rotatable bonds is 19. The second kappa shape index (κ2) is 20.8. The van der Waals surface area contributed by atoms with Crippen LogP contribution in [0.1, 0.15) is 143 Å². The quantitative estimate of drug-likeness (QED) is 0.163. The predicted molar refractivity (Wildman–Crippen MR) is 113 cm³/mol. The van der Waals surface area contributed by atoms with E-state index in [1.807, 2.05) is 0 Å². The SMILES string of the molecule is CCCCCCCCC=C(C)CCCCCCCCCCCCC. The smallest absolute Gasteiger partial charge is 0.0323 e. The van der Waals surface area contributed by atoms with Crippen molar-refractivity contribution in [1.29, 1.82) is 0 Å². The van der Waals surface area contributed by atoms with Gasteiger partial charge in [-0.2, -0.15) is 0 Å². The second-order valence-electron chi connectivity index (χ2n) is 7.89. The third-order valence-electron chi connectivity index (χ3n) is 5.23. The van der Waals surface area contributed by atoms with Crippen LogP contribution in [0.2, 0.25) is 0 Å². The molecule has 0 nitrogen and oxygen atoms in total. The van der Waals surface area contributed by atoms with Crippen molar-refractivity contribution in [2.24, 2.45) is 0 Å². The minimum atomic E-state index is 1.32. The van der Waals surface area contributed by atoms with E-state index in [9.17, 15) is 0 Å². The van der Waals surface area contributed by atoms with E-state index in [-0.39, 0.29) is 0 Å². The molecule has 0 rings (SSSR count). The van der Waals surface area contributed by atoms with Gasteiger partial charge in [0.05, 0.1) is 0 Å². The van der Waals surface area contributed by atoms with Gasteiger partial charge >= 0.3 is 0 Å². The zero-order valence-corrected chi connectivity index (χ0v) is 17.5. The van der Waals surface area contributed by atoms with Gasteiger partial charge < -0.3 is 0 Å². The van der Waals surface area contributed by atoms with E-state index >= 15 is 0 Å². The van der Waals surface area contributed by atoms with Gasteiger partial charge in [-0.05, 0) is 32.6 Å². The molecule has 0 aliphatic carbocycles. The molecule has 24 heavy (non-hydrogen) atoms. The molecule has 0 spiro atoms. The minimum absolute atomic E-state index is 1.32. The fraction of sp³-hybridized carbons (Fsp3) is 0.917. The van der Waals surface area contributed by atoms with E-state index in [2.05, 4.69) is 26.8 Å². The summed E-state index contributed by atoms with van der Waals surface area (Å²) in [6.45, 7) is 6.93. The molecule has 0 saturated carbocycles. The maximum atomic E-state index is 2.51. The summed E-state index contributed by atoms with van der Waals surface area (Å²) in [5.74, 6) is 0. The Morgan fingerprint density at radius 1 is 0.500 bits per heavy atom. The lowest BCUT2D eigenvalue weighted by Crippen LogP contribution is -1.84. The summed E-state index contributed by atoms with van der Waals surface area (Å²) >= 11 is 0. The van der Waals surface area contributed by atoms with Crippen LogP contribution in [0.5, 0.6) is 0 Å². The molecule has 0 aliphatic heterocycles. The zero-order valence-electron chi connectivity index (χ0n) is 17.5. The summed E-state index contributed by atoms with van der Waals surface area (Å²) in [5.41, 5.74) is 1.64. The Kier molecular flexibility index (Phi) is 20.6. The second-order valence-corrected chi connectivity index (χ2v) is 7.89. The third kappa shape index (κ3) is 19.8. The van der Waals surface area contributed by atoms with Gasteiger partial charge in [0, 0.05) is 0 Å². The molecule has 144 valence electrons. The van der Waals surface area contributed by atoms with E-state index in [0.717, 1.165) is 0 Å². The van der Waals surface area contributed by atoms with Crippen LogP contribution in [0.4, 0.5) is 0 Å². The fourth-order valence-electron chi connectivity index (χ4n) is 3.44. The van der Waals surface area contributed by atoms with E-state index in [1.54, 1.807) is 5.57 Å². The first-order valence-electron chi connectivity index (χ1n) is 11.5. The van der Waals surface area contributed by atoms with Gasteiger partial charge in [-0.15, -0.1) is 0 Å². The standard InChI is InChI=1S/C24H48/c1-4-6-8-10-12-13-14-15-17-19-21-23-24(3)22-20-18-16-11-9-7-5-2/h22H,4-21,23H2,1-3H3. The van der Waals surface area contributed by atoms with Crippen LogP contribution in [0, 0.1) is 0 Å². The van der Waals surface area contributed by atoms with Crippen molar-refractivity contribution in [3.63, 3.8) is 0 Å². The first kappa shape index (κ1) is 23.7. The summed E-state index contributed by atoms with van der Waals surface area (Å²) in [7, 11) is 0. The summed E-state index contributed by atoms with van der Waals surface area (Å²) in [4.78, 5) is 0. The number of hydrogen-bond acceptors (Lipinski definition) is 0. The Balaban J connectivity index is 3.21. The lowest BCUT2D eigenvalue weighted by Gasteiger charge is -2.04. The largest absolute Gasteiger partial charge is 0.0856 e. The van der Waals surface area contributed by atoms with Gasteiger partial charge in [0.2, 0.25) is 0 Å². The van der Waals surface area contributed by atoms with Crippen LogP contribution in [-0.4, -0.2) is 0 Å². The molecular weight excluding hydrogens is 288 g/mol. The molecule has 0 atom stereocenters. The Labute approximate surface area is 154 Å². The van der Waals surface area contributed by atoms with Crippen LogP contribution in [0.15, 0.2) is 11.6 Å². The highest BCUT2D eigenvalue weighted by Gasteiger charge is 1.95. The van der Waals surface area contributed by atoms with Gasteiger partial charge in [-0.1, -0.05) is 122 Å². The molecule has 0 bridgehead atoms. The molecule has 0 aromatic carbocycles. The molecule has 0 saturated heterocycles. The van der Waals surface area contributed by atoms with Crippen molar-refractivity contribution in [3.8, 4) is 0 Å². The monoisotopic (exact) mass is 336 g/mol. The van der Waals surface area contributed by atoms with Crippen LogP contribution in [-0.2, 0) is 0 Å². The average molecular weight is 337 g/mol. The number of allylic oxidation sites excluding steroid dienone is 2. The Hall–Kier alpha value is -0.260. The van der Waals surface area contributed by atoms with Crippen LogP contribution >= 0.6 is 0 Å². The van der Waals surface area contributed by atoms with E-state index in [0.29, 0.717) is 0 Å². The number of unbranched alkanes of at least 4 members (excludes halogenated alkanes) is 16. The highest BCUT2D eigenvalue weighted by molar-refractivity contribution is 4.97. The Bertz CT molecular complexity index is 251. The first-order chi connectivity index (χ1) is 11.8.